The summed E-state index contributed by atoms with van der Waals surface area (Å²) in [6.45, 7) is 0. The van der Waals surface area contributed by atoms with Crippen molar-refractivity contribution in [3.8, 4) is 0 Å². The summed E-state index contributed by atoms with van der Waals surface area (Å²) in [7, 11) is -9.71. The van der Waals surface area contributed by atoms with Gasteiger partial charge in [0.25, 0.3) is 20.0 Å². The van der Waals surface area contributed by atoms with Crippen molar-refractivity contribution in [1.82, 2.24) is 3.71 Å². The summed E-state index contributed by atoms with van der Waals surface area (Å²) in [5.74, 6) is -2.30. The SMILES string of the molecule is O=S(=O)(c1ccccc1)N([C@H]1Cc2ccccc2[C@@H]1C(F)(F)F)S(=O)(=O)c1ccccc1. The first kappa shape index (κ1) is 22.5. The topological polar surface area (TPSA) is 71.5 Å². The molecular weight excluding hydrogens is 463 g/mol. The molecule has 3 aromatic carbocycles. The highest BCUT2D eigenvalue weighted by Crippen LogP contribution is 2.48. The summed E-state index contributed by atoms with van der Waals surface area (Å²) in [6.07, 6.45) is -5.26. The monoisotopic (exact) mass is 481 g/mol. The van der Waals surface area contributed by atoms with E-state index in [4.69, 9.17) is 0 Å². The highest BCUT2D eigenvalue weighted by Gasteiger charge is 2.57. The van der Waals surface area contributed by atoms with Crippen LogP contribution < -0.4 is 0 Å². The average molecular weight is 482 g/mol. The molecule has 10 heteroatoms. The molecule has 0 fully saturated rings. The first-order valence-electron chi connectivity index (χ1n) is 9.59. The van der Waals surface area contributed by atoms with E-state index in [0.717, 1.165) is 24.3 Å². The van der Waals surface area contributed by atoms with Crippen LogP contribution in [0.3, 0.4) is 0 Å². The van der Waals surface area contributed by atoms with Crippen LogP contribution in [0.1, 0.15) is 17.0 Å². The number of hydrogen-bond donors (Lipinski definition) is 0. The molecule has 0 saturated heterocycles. The second-order valence-electron chi connectivity index (χ2n) is 7.35. The molecule has 0 spiro atoms. The normalized spacial score (nSPS) is 19.1. The molecule has 0 heterocycles. The number of fused-ring (bicyclic) bond motifs is 1. The van der Waals surface area contributed by atoms with Gasteiger partial charge in [-0.15, -0.1) is 0 Å². The summed E-state index contributed by atoms with van der Waals surface area (Å²) >= 11 is 0. The fourth-order valence-corrected chi connectivity index (χ4v) is 8.12. The fraction of sp³-hybridized carbons (Fsp3) is 0.182. The lowest BCUT2D eigenvalue weighted by Gasteiger charge is -2.32. The third-order valence-electron chi connectivity index (χ3n) is 5.38. The summed E-state index contributed by atoms with van der Waals surface area (Å²) < 4.78 is 96.9. The molecule has 32 heavy (non-hydrogen) atoms. The van der Waals surface area contributed by atoms with Gasteiger partial charge in [0.2, 0.25) is 0 Å². The molecule has 0 aliphatic heterocycles. The third-order valence-corrected chi connectivity index (χ3v) is 9.79. The first-order valence-corrected chi connectivity index (χ1v) is 12.5. The number of halogens is 3. The molecule has 0 aromatic heterocycles. The van der Waals surface area contributed by atoms with E-state index in [1.54, 1.807) is 0 Å². The molecule has 0 radical (unpaired) electrons. The fourth-order valence-electron chi connectivity index (χ4n) is 4.04. The van der Waals surface area contributed by atoms with Crippen molar-refractivity contribution in [3.63, 3.8) is 0 Å². The lowest BCUT2D eigenvalue weighted by Crippen LogP contribution is -2.49. The molecule has 2 atom stereocenters. The molecule has 0 bridgehead atoms. The highest BCUT2D eigenvalue weighted by molar-refractivity contribution is 8.04. The second-order valence-corrected chi connectivity index (χ2v) is 11.2. The number of hydrogen-bond acceptors (Lipinski definition) is 4. The Hall–Kier alpha value is -2.69. The Balaban J connectivity index is 1.97. The van der Waals surface area contributed by atoms with Gasteiger partial charge in [-0.05, 0) is 41.8 Å². The van der Waals surface area contributed by atoms with Gasteiger partial charge in [-0.25, -0.2) is 16.8 Å². The Labute approximate surface area is 184 Å². The van der Waals surface area contributed by atoms with Crippen LogP contribution in [0, 0.1) is 0 Å². The largest absolute Gasteiger partial charge is 0.397 e. The number of rotatable bonds is 5. The smallest absolute Gasteiger partial charge is 0.206 e. The first-order chi connectivity index (χ1) is 15.0. The molecule has 4 rings (SSSR count). The van der Waals surface area contributed by atoms with Crippen LogP contribution in [0.5, 0.6) is 0 Å². The van der Waals surface area contributed by atoms with Crippen LogP contribution in [-0.4, -0.2) is 32.8 Å². The number of sulfonamides is 2. The highest BCUT2D eigenvalue weighted by atomic mass is 32.3. The Bertz CT molecular complexity index is 1260. The minimum Gasteiger partial charge on any atom is -0.206 e. The van der Waals surface area contributed by atoms with Gasteiger partial charge in [0.1, 0.15) is 0 Å². The minimum absolute atomic E-state index is 0.0584. The number of alkyl halides is 3. The van der Waals surface area contributed by atoms with Crippen molar-refractivity contribution in [3.05, 3.63) is 96.1 Å². The van der Waals surface area contributed by atoms with Gasteiger partial charge in [-0.1, -0.05) is 64.4 Å². The standard InChI is InChI=1S/C22H18F3NO4S2/c23-22(24,25)21-19-14-8-7-9-16(19)15-20(21)26(31(27,28)17-10-3-1-4-11-17)32(29,30)18-12-5-2-6-13-18/h1-14,20-21H,15H2/t20-,21-/m0/s1. The maximum absolute atomic E-state index is 14.2. The zero-order valence-electron chi connectivity index (χ0n) is 16.5. The van der Waals surface area contributed by atoms with Crippen LogP contribution in [-0.2, 0) is 26.5 Å². The van der Waals surface area contributed by atoms with E-state index in [2.05, 4.69) is 0 Å². The van der Waals surface area contributed by atoms with E-state index in [-0.39, 0.29) is 14.8 Å². The van der Waals surface area contributed by atoms with E-state index in [1.807, 2.05) is 0 Å². The summed E-state index contributed by atoms with van der Waals surface area (Å²) in [5.41, 5.74) is 0.137. The van der Waals surface area contributed by atoms with E-state index in [9.17, 15) is 30.0 Å². The van der Waals surface area contributed by atoms with Crippen LogP contribution in [0.4, 0.5) is 13.2 Å². The third kappa shape index (κ3) is 3.82. The molecule has 1 aliphatic carbocycles. The van der Waals surface area contributed by atoms with Gasteiger partial charge in [-0.3, -0.25) is 0 Å². The molecule has 0 amide bonds. The molecule has 3 aromatic rings. The van der Waals surface area contributed by atoms with Gasteiger partial charge in [0.05, 0.1) is 21.8 Å². The average Bonchev–Trinajstić information content (AvgIpc) is 3.13. The van der Waals surface area contributed by atoms with Crippen molar-refractivity contribution < 1.29 is 30.0 Å². The van der Waals surface area contributed by atoms with E-state index in [1.165, 1.54) is 60.7 Å². The van der Waals surface area contributed by atoms with Gasteiger partial charge in [0, 0.05) is 0 Å². The second kappa shape index (κ2) is 8.02. The number of nitrogens with zero attached hydrogens (tertiary/aromatic N) is 1. The lowest BCUT2D eigenvalue weighted by molar-refractivity contribution is -0.156. The van der Waals surface area contributed by atoms with Crippen molar-refractivity contribution >= 4 is 20.0 Å². The Morgan fingerprint density at radius 2 is 1.12 bits per heavy atom. The van der Waals surface area contributed by atoms with E-state index < -0.39 is 54.4 Å². The summed E-state index contributed by atoms with van der Waals surface area (Å²) in [5, 5.41) is 0. The van der Waals surface area contributed by atoms with Crippen LogP contribution in [0.15, 0.2) is 94.7 Å². The molecule has 0 unspecified atom stereocenters. The van der Waals surface area contributed by atoms with Gasteiger partial charge in [-0.2, -0.15) is 13.2 Å². The van der Waals surface area contributed by atoms with Crippen LogP contribution in [0.2, 0.25) is 0 Å². The van der Waals surface area contributed by atoms with Gasteiger partial charge in [0.15, 0.2) is 0 Å². The molecular formula is C22H18F3NO4S2. The summed E-state index contributed by atoms with van der Waals surface area (Å²) in [6, 6.07) is 17.0. The minimum atomic E-state index is -4.87. The summed E-state index contributed by atoms with van der Waals surface area (Å²) in [4.78, 5) is -0.812. The zero-order chi connectivity index (χ0) is 23.1. The zero-order valence-corrected chi connectivity index (χ0v) is 18.1. The molecule has 168 valence electrons. The quantitative estimate of drug-likeness (QED) is 0.544. The molecule has 5 nitrogen and oxygen atoms in total. The number of benzene rings is 3. The molecule has 1 aliphatic rings. The van der Waals surface area contributed by atoms with E-state index in [0.29, 0.717) is 0 Å². The van der Waals surface area contributed by atoms with Gasteiger partial charge >= 0.3 is 6.18 Å². The predicted molar refractivity (Wildman–Crippen MR) is 112 cm³/mol. The van der Waals surface area contributed by atoms with Crippen molar-refractivity contribution in [2.75, 3.05) is 0 Å². The van der Waals surface area contributed by atoms with Crippen molar-refractivity contribution in [1.29, 1.82) is 0 Å². The lowest BCUT2D eigenvalue weighted by atomic mass is 9.98. The van der Waals surface area contributed by atoms with Crippen LogP contribution in [0.25, 0.3) is 0 Å². The van der Waals surface area contributed by atoms with Crippen LogP contribution >= 0.6 is 0 Å². The van der Waals surface area contributed by atoms with Crippen molar-refractivity contribution in [2.45, 2.75) is 34.3 Å². The maximum Gasteiger partial charge on any atom is 0.397 e. The van der Waals surface area contributed by atoms with Crippen molar-refractivity contribution in [2.24, 2.45) is 0 Å². The Morgan fingerprint density at radius 3 is 1.59 bits per heavy atom. The predicted octanol–water partition coefficient (Wildman–Crippen LogP) is 4.34. The Morgan fingerprint density at radius 1 is 0.688 bits per heavy atom. The Kier molecular flexibility index (Phi) is 5.64. The molecule has 0 saturated carbocycles. The molecule has 0 N–H and O–H groups in total. The van der Waals surface area contributed by atoms with E-state index >= 15 is 0 Å². The maximum atomic E-state index is 14.2. The van der Waals surface area contributed by atoms with Gasteiger partial charge < -0.3 is 0 Å².